The van der Waals surface area contributed by atoms with Crippen molar-refractivity contribution >= 4 is 5.91 Å². The molecule has 1 amide bonds. The second-order valence-corrected chi connectivity index (χ2v) is 9.37. The molecule has 0 bridgehead atoms. The highest BCUT2D eigenvalue weighted by Gasteiger charge is 2.33. The van der Waals surface area contributed by atoms with Gasteiger partial charge in [0.2, 0.25) is 0 Å². The van der Waals surface area contributed by atoms with Gasteiger partial charge >= 0.3 is 0 Å². The van der Waals surface area contributed by atoms with Crippen LogP contribution in [0.4, 0.5) is 0 Å². The first kappa shape index (κ1) is 23.3. The van der Waals surface area contributed by atoms with Crippen molar-refractivity contribution in [3.63, 3.8) is 0 Å². The summed E-state index contributed by atoms with van der Waals surface area (Å²) in [5.41, 5.74) is 2.92. The summed E-state index contributed by atoms with van der Waals surface area (Å²) in [7, 11) is 0. The summed E-state index contributed by atoms with van der Waals surface area (Å²) < 4.78 is 2.14. The molecule has 180 valence electrons. The molecule has 2 aliphatic rings. The maximum Gasteiger partial charge on any atom is 0.252 e. The molecule has 5 rings (SSSR count). The average molecular weight is 469 g/mol. The molecule has 1 N–H and O–H groups in total. The molecule has 1 aliphatic carbocycles. The van der Waals surface area contributed by atoms with E-state index in [0.717, 1.165) is 43.6 Å². The van der Waals surface area contributed by atoms with Crippen molar-refractivity contribution in [3.05, 3.63) is 83.4 Å². The third-order valence-corrected chi connectivity index (χ3v) is 7.23. The molecule has 35 heavy (non-hydrogen) atoms. The van der Waals surface area contributed by atoms with Gasteiger partial charge in [-0.2, -0.15) is 0 Å². The fraction of sp³-hybridized carbons (Fsp3) is 0.393. The standard InChI is InChI=1S/C28H32N6O/c1-2-15-29-28(35)24-13-11-23(12-14-24)26(33-18-16-32(17-19-33)25-9-6-10-25)27-31-30-21-34(27)20-22-7-4-3-5-8-22/h1,3-5,7-8,11-14,21,25-26H,6,9-10,15-20H2,(H,29,35). The number of hydrogen-bond acceptors (Lipinski definition) is 5. The molecule has 1 aromatic heterocycles. The maximum atomic E-state index is 12.4. The van der Waals surface area contributed by atoms with Gasteiger partial charge in [-0.05, 0) is 36.1 Å². The summed E-state index contributed by atoms with van der Waals surface area (Å²) in [5.74, 6) is 3.21. The zero-order valence-corrected chi connectivity index (χ0v) is 20.0. The Balaban J connectivity index is 1.41. The van der Waals surface area contributed by atoms with Crippen LogP contribution in [0.25, 0.3) is 0 Å². The minimum absolute atomic E-state index is 0.0347. The summed E-state index contributed by atoms with van der Waals surface area (Å²) in [4.78, 5) is 17.5. The van der Waals surface area contributed by atoms with Crippen molar-refractivity contribution in [1.82, 2.24) is 29.9 Å². The zero-order valence-electron chi connectivity index (χ0n) is 20.0. The van der Waals surface area contributed by atoms with Gasteiger partial charge in [0.05, 0.1) is 19.1 Å². The van der Waals surface area contributed by atoms with Gasteiger partial charge in [0.1, 0.15) is 6.33 Å². The highest BCUT2D eigenvalue weighted by molar-refractivity contribution is 5.94. The molecular formula is C28H32N6O. The van der Waals surface area contributed by atoms with E-state index in [9.17, 15) is 4.79 Å². The fourth-order valence-corrected chi connectivity index (χ4v) is 5.06. The first-order chi connectivity index (χ1) is 17.2. The van der Waals surface area contributed by atoms with E-state index in [-0.39, 0.29) is 18.5 Å². The van der Waals surface area contributed by atoms with Crippen molar-refractivity contribution in [2.24, 2.45) is 0 Å². The number of carbonyl (C=O) groups is 1. The molecule has 3 aromatic rings. The Morgan fingerprint density at radius 2 is 1.80 bits per heavy atom. The van der Waals surface area contributed by atoms with Crippen LogP contribution < -0.4 is 5.32 Å². The topological polar surface area (TPSA) is 66.3 Å². The molecule has 0 spiro atoms. The molecular weight excluding hydrogens is 436 g/mol. The van der Waals surface area contributed by atoms with E-state index in [2.05, 4.69) is 60.1 Å². The van der Waals surface area contributed by atoms with Crippen LogP contribution in [0.5, 0.6) is 0 Å². The summed E-state index contributed by atoms with van der Waals surface area (Å²) >= 11 is 0. The second-order valence-electron chi connectivity index (χ2n) is 9.37. The van der Waals surface area contributed by atoms with Crippen LogP contribution >= 0.6 is 0 Å². The first-order valence-electron chi connectivity index (χ1n) is 12.4. The molecule has 1 aliphatic heterocycles. The number of hydrogen-bond donors (Lipinski definition) is 1. The molecule has 1 atom stereocenters. The van der Waals surface area contributed by atoms with E-state index < -0.39 is 0 Å². The van der Waals surface area contributed by atoms with Crippen LogP contribution in [0.15, 0.2) is 60.9 Å². The first-order valence-corrected chi connectivity index (χ1v) is 12.4. The Hall–Kier alpha value is -3.47. The Morgan fingerprint density at radius 3 is 2.46 bits per heavy atom. The molecule has 1 unspecified atom stereocenters. The third kappa shape index (κ3) is 5.29. The maximum absolute atomic E-state index is 12.4. The van der Waals surface area contributed by atoms with Crippen LogP contribution in [-0.4, -0.2) is 69.2 Å². The summed E-state index contributed by atoms with van der Waals surface area (Å²) in [6.45, 7) is 5.03. The van der Waals surface area contributed by atoms with Crippen molar-refractivity contribution in [1.29, 1.82) is 0 Å². The lowest BCUT2D eigenvalue weighted by molar-refractivity contribution is 0.0476. The van der Waals surface area contributed by atoms with Gasteiger partial charge in [-0.3, -0.25) is 14.6 Å². The van der Waals surface area contributed by atoms with Crippen molar-refractivity contribution in [3.8, 4) is 12.3 Å². The number of piperazine rings is 1. The van der Waals surface area contributed by atoms with Gasteiger partial charge in [-0.25, -0.2) is 0 Å². The average Bonchev–Trinajstić information content (AvgIpc) is 3.31. The number of nitrogens with zero attached hydrogens (tertiary/aromatic N) is 5. The monoisotopic (exact) mass is 468 g/mol. The summed E-state index contributed by atoms with van der Waals surface area (Å²) in [6, 6.07) is 18.9. The van der Waals surface area contributed by atoms with Crippen molar-refractivity contribution in [2.75, 3.05) is 32.7 Å². The molecule has 1 saturated heterocycles. The zero-order chi connectivity index (χ0) is 24.0. The molecule has 2 heterocycles. The summed E-state index contributed by atoms with van der Waals surface area (Å²) in [5, 5.41) is 11.6. The predicted octanol–water partition coefficient (Wildman–Crippen LogP) is 2.95. The Labute approximate surface area is 207 Å². The van der Waals surface area contributed by atoms with E-state index in [0.29, 0.717) is 12.1 Å². The van der Waals surface area contributed by atoms with Crippen molar-refractivity contribution < 1.29 is 4.79 Å². The van der Waals surface area contributed by atoms with Gasteiger partial charge in [-0.15, -0.1) is 16.6 Å². The van der Waals surface area contributed by atoms with Gasteiger partial charge in [0, 0.05) is 37.8 Å². The second kappa shape index (κ2) is 10.9. The van der Waals surface area contributed by atoms with E-state index in [1.165, 1.54) is 24.8 Å². The minimum atomic E-state index is -0.160. The van der Waals surface area contributed by atoms with E-state index >= 15 is 0 Å². The van der Waals surface area contributed by atoms with Gasteiger partial charge in [0.25, 0.3) is 5.91 Å². The van der Waals surface area contributed by atoms with Crippen LogP contribution in [0.2, 0.25) is 0 Å². The predicted molar refractivity (Wildman–Crippen MR) is 136 cm³/mol. The highest BCUT2D eigenvalue weighted by Crippen LogP contribution is 2.31. The molecule has 2 aromatic carbocycles. The number of nitrogens with one attached hydrogen (secondary N) is 1. The number of carbonyl (C=O) groups excluding carboxylic acids is 1. The lowest BCUT2D eigenvalue weighted by Gasteiger charge is -2.44. The van der Waals surface area contributed by atoms with Crippen LogP contribution in [0, 0.1) is 12.3 Å². The highest BCUT2D eigenvalue weighted by atomic mass is 16.1. The number of benzene rings is 2. The summed E-state index contributed by atoms with van der Waals surface area (Å²) in [6.07, 6.45) is 11.1. The quantitative estimate of drug-likeness (QED) is 0.515. The lowest BCUT2D eigenvalue weighted by Crippen LogP contribution is -2.53. The van der Waals surface area contributed by atoms with Crippen LogP contribution in [0.3, 0.4) is 0 Å². The van der Waals surface area contributed by atoms with Crippen molar-refractivity contribution in [2.45, 2.75) is 37.9 Å². The number of amides is 1. The molecule has 7 heteroatoms. The Morgan fingerprint density at radius 1 is 1.06 bits per heavy atom. The van der Waals surface area contributed by atoms with Gasteiger partial charge in [-0.1, -0.05) is 54.8 Å². The normalized spacial score (nSPS) is 17.9. The SMILES string of the molecule is C#CCNC(=O)c1ccc(C(c2nncn2Cc2ccccc2)N2CCN(C3CCC3)CC2)cc1. The third-order valence-electron chi connectivity index (χ3n) is 7.23. The van der Waals surface area contributed by atoms with Gasteiger partial charge < -0.3 is 9.88 Å². The Bertz CT molecular complexity index is 1150. The van der Waals surface area contributed by atoms with E-state index in [4.69, 9.17) is 6.42 Å². The molecule has 0 radical (unpaired) electrons. The van der Waals surface area contributed by atoms with Crippen LogP contribution in [0.1, 0.15) is 52.6 Å². The lowest BCUT2D eigenvalue weighted by atomic mass is 9.91. The fourth-order valence-electron chi connectivity index (χ4n) is 5.06. The smallest absolute Gasteiger partial charge is 0.252 e. The largest absolute Gasteiger partial charge is 0.341 e. The molecule has 1 saturated carbocycles. The number of terminal acetylenes is 1. The number of aromatic nitrogens is 3. The Kier molecular flexibility index (Phi) is 7.22. The minimum Gasteiger partial charge on any atom is -0.341 e. The van der Waals surface area contributed by atoms with E-state index in [1.807, 2.05) is 36.7 Å². The van der Waals surface area contributed by atoms with E-state index in [1.54, 1.807) is 0 Å². The molecule has 7 nitrogen and oxygen atoms in total. The number of rotatable bonds is 8. The molecule has 2 fully saturated rings. The van der Waals surface area contributed by atoms with Crippen LogP contribution in [-0.2, 0) is 6.54 Å². The van der Waals surface area contributed by atoms with Gasteiger partial charge in [0.15, 0.2) is 5.82 Å².